The van der Waals surface area contributed by atoms with Gasteiger partial charge >= 0.3 is 0 Å². The molecule has 152 valence electrons. The molecule has 0 saturated heterocycles. The highest BCUT2D eigenvalue weighted by atomic mass is 16.5. The molecule has 0 saturated carbocycles. The summed E-state index contributed by atoms with van der Waals surface area (Å²) < 4.78 is 5.80. The Hall–Kier alpha value is -3.08. The Morgan fingerprint density at radius 1 is 0.828 bits per heavy atom. The van der Waals surface area contributed by atoms with E-state index in [0.29, 0.717) is 23.6 Å². The van der Waals surface area contributed by atoms with Crippen molar-refractivity contribution in [1.29, 1.82) is 0 Å². The van der Waals surface area contributed by atoms with Crippen LogP contribution in [0.3, 0.4) is 0 Å². The number of carbonyl (C=O) groups excluding carboxylic acids is 2. The minimum absolute atomic E-state index is 0.228. The van der Waals surface area contributed by atoms with Crippen molar-refractivity contribution in [3.8, 4) is 5.75 Å². The van der Waals surface area contributed by atoms with Gasteiger partial charge in [-0.25, -0.2) is 0 Å². The Balaban J connectivity index is 1.59. The van der Waals surface area contributed by atoms with Gasteiger partial charge in [-0.05, 0) is 55.0 Å². The van der Waals surface area contributed by atoms with Crippen LogP contribution in [0.2, 0.25) is 0 Å². The molecule has 0 fully saturated rings. The fourth-order valence-corrected chi connectivity index (χ4v) is 3.42. The highest BCUT2D eigenvalue weighted by molar-refractivity contribution is 6.23. The van der Waals surface area contributed by atoms with E-state index in [9.17, 15) is 9.59 Å². The van der Waals surface area contributed by atoms with Crippen molar-refractivity contribution in [3.05, 3.63) is 71.1 Å². The van der Waals surface area contributed by atoms with E-state index in [1.807, 2.05) is 24.3 Å². The number of fused-ring (bicyclic) bond motifs is 1. The van der Waals surface area contributed by atoms with Crippen LogP contribution in [0.4, 0.5) is 5.69 Å². The molecular weight excluding hydrogens is 364 g/mol. The number of anilines is 1. The number of carbonyl (C=O) groups is 2. The first-order valence-corrected chi connectivity index (χ1v) is 10.3. The van der Waals surface area contributed by atoms with Crippen LogP contribution in [0.25, 0.3) is 0 Å². The Morgan fingerprint density at radius 3 is 2.24 bits per heavy atom. The Kier molecular flexibility index (Phi) is 7.06. The van der Waals surface area contributed by atoms with Gasteiger partial charge in [0, 0.05) is 11.4 Å². The number of nitrogens with two attached hydrogens (primary N) is 1. The molecule has 0 aromatic heterocycles. The lowest BCUT2D eigenvalue weighted by atomic mass is 9.86. The number of rotatable bonds is 10. The molecule has 2 aliphatic rings. The molecule has 5 nitrogen and oxygen atoms in total. The summed E-state index contributed by atoms with van der Waals surface area (Å²) in [6.07, 6.45) is 13.3. The van der Waals surface area contributed by atoms with E-state index in [4.69, 9.17) is 10.5 Å². The zero-order valence-corrected chi connectivity index (χ0v) is 16.9. The average molecular weight is 392 g/mol. The predicted molar refractivity (Wildman–Crippen MR) is 115 cm³/mol. The van der Waals surface area contributed by atoms with Gasteiger partial charge in [0.2, 0.25) is 0 Å². The van der Waals surface area contributed by atoms with E-state index in [-0.39, 0.29) is 17.1 Å². The maximum atomic E-state index is 12.3. The molecule has 0 heterocycles. The van der Waals surface area contributed by atoms with Crippen molar-refractivity contribution >= 4 is 17.3 Å². The lowest BCUT2D eigenvalue weighted by Crippen LogP contribution is -2.24. The summed E-state index contributed by atoms with van der Waals surface area (Å²) in [4.78, 5) is 24.5. The van der Waals surface area contributed by atoms with E-state index in [1.165, 1.54) is 50.3 Å². The third-order valence-electron chi connectivity index (χ3n) is 5.02. The van der Waals surface area contributed by atoms with Crippen molar-refractivity contribution in [2.24, 2.45) is 5.73 Å². The summed E-state index contributed by atoms with van der Waals surface area (Å²) in [5.41, 5.74) is 8.19. The van der Waals surface area contributed by atoms with Crippen LogP contribution in [0, 0.1) is 0 Å². The monoisotopic (exact) mass is 392 g/mol. The summed E-state index contributed by atoms with van der Waals surface area (Å²) in [6.45, 7) is 2.94. The SMILES string of the molecule is CCCCCCCCOc1ccc(NC2=C3C(=O)C=CC(N)=C3C(=O)C=C2)cc1. The number of benzene rings is 1. The molecule has 2 aliphatic carbocycles. The number of hydrogen-bond acceptors (Lipinski definition) is 5. The predicted octanol–water partition coefficient (Wildman–Crippen LogP) is 4.58. The van der Waals surface area contributed by atoms with Gasteiger partial charge in [-0.1, -0.05) is 39.0 Å². The summed E-state index contributed by atoms with van der Waals surface area (Å²) in [5, 5.41) is 3.22. The third kappa shape index (κ3) is 5.25. The lowest BCUT2D eigenvalue weighted by Gasteiger charge is -2.21. The van der Waals surface area contributed by atoms with Crippen molar-refractivity contribution in [2.75, 3.05) is 11.9 Å². The summed E-state index contributed by atoms with van der Waals surface area (Å²) in [5.74, 6) is 0.338. The van der Waals surface area contributed by atoms with Crippen molar-refractivity contribution in [1.82, 2.24) is 0 Å². The smallest absolute Gasteiger partial charge is 0.188 e. The number of hydrogen-bond donors (Lipinski definition) is 2. The Bertz CT molecular complexity index is 889. The fourth-order valence-electron chi connectivity index (χ4n) is 3.42. The van der Waals surface area contributed by atoms with E-state index in [0.717, 1.165) is 17.9 Å². The highest BCUT2D eigenvalue weighted by Crippen LogP contribution is 2.29. The molecular formula is C24H28N2O3. The minimum Gasteiger partial charge on any atom is -0.494 e. The fraction of sp³-hybridized carbons (Fsp3) is 0.333. The van der Waals surface area contributed by atoms with Crippen LogP contribution in [0.15, 0.2) is 71.1 Å². The molecule has 0 aliphatic heterocycles. The molecule has 5 heteroatoms. The first-order valence-electron chi connectivity index (χ1n) is 10.3. The van der Waals surface area contributed by atoms with Gasteiger partial charge in [0.1, 0.15) is 5.75 Å². The number of ketones is 2. The van der Waals surface area contributed by atoms with Crippen LogP contribution < -0.4 is 15.8 Å². The Morgan fingerprint density at radius 2 is 1.48 bits per heavy atom. The highest BCUT2D eigenvalue weighted by Gasteiger charge is 2.29. The molecule has 0 spiro atoms. The average Bonchev–Trinajstić information content (AvgIpc) is 2.72. The van der Waals surface area contributed by atoms with Crippen LogP contribution >= 0.6 is 0 Å². The number of allylic oxidation sites excluding steroid dienone is 6. The molecule has 29 heavy (non-hydrogen) atoms. The standard InChI is InChI=1S/C24H28N2O3/c1-2-3-4-5-6-7-16-29-18-10-8-17(9-11-18)26-20-13-15-21(27)23-19(25)12-14-22(28)24(20)23/h8-15,26H,2-7,16,25H2,1H3. The van der Waals surface area contributed by atoms with E-state index in [1.54, 1.807) is 6.08 Å². The van der Waals surface area contributed by atoms with Crippen molar-refractivity contribution in [3.63, 3.8) is 0 Å². The molecule has 1 aromatic carbocycles. The summed E-state index contributed by atoms with van der Waals surface area (Å²) in [6, 6.07) is 7.58. The number of nitrogens with one attached hydrogen (secondary N) is 1. The largest absolute Gasteiger partial charge is 0.494 e. The topological polar surface area (TPSA) is 81.4 Å². The van der Waals surface area contributed by atoms with Crippen molar-refractivity contribution < 1.29 is 14.3 Å². The normalized spacial score (nSPS) is 15.8. The second kappa shape index (κ2) is 9.92. The molecule has 3 N–H and O–H groups in total. The van der Waals surface area contributed by atoms with Gasteiger partial charge in [-0.3, -0.25) is 9.59 Å². The zero-order chi connectivity index (χ0) is 20.6. The lowest BCUT2D eigenvalue weighted by molar-refractivity contribution is -0.114. The molecule has 0 atom stereocenters. The minimum atomic E-state index is -0.251. The second-order valence-corrected chi connectivity index (χ2v) is 7.28. The van der Waals surface area contributed by atoms with Gasteiger partial charge in [-0.15, -0.1) is 0 Å². The zero-order valence-electron chi connectivity index (χ0n) is 16.9. The molecule has 1 aromatic rings. The van der Waals surface area contributed by atoms with Gasteiger partial charge in [0.25, 0.3) is 0 Å². The second-order valence-electron chi connectivity index (χ2n) is 7.28. The Labute approximate surface area is 172 Å². The maximum absolute atomic E-state index is 12.3. The quantitative estimate of drug-likeness (QED) is 0.570. The van der Waals surface area contributed by atoms with Gasteiger partial charge in [-0.2, -0.15) is 0 Å². The molecule has 0 radical (unpaired) electrons. The van der Waals surface area contributed by atoms with Gasteiger partial charge in [0.15, 0.2) is 11.6 Å². The van der Waals surface area contributed by atoms with E-state index < -0.39 is 0 Å². The van der Waals surface area contributed by atoms with E-state index >= 15 is 0 Å². The van der Waals surface area contributed by atoms with E-state index in [2.05, 4.69) is 12.2 Å². The van der Waals surface area contributed by atoms with Crippen LogP contribution in [0.1, 0.15) is 45.4 Å². The summed E-state index contributed by atoms with van der Waals surface area (Å²) in [7, 11) is 0. The number of unbranched alkanes of at least 4 members (excludes halogenated alkanes) is 5. The van der Waals surface area contributed by atoms with Crippen LogP contribution in [0.5, 0.6) is 5.75 Å². The number of ether oxygens (including phenoxy) is 1. The molecule has 0 unspecified atom stereocenters. The maximum Gasteiger partial charge on any atom is 0.188 e. The van der Waals surface area contributed by atoms with Crippen LogP contribution in [-0.2, 0) is 9.59 Å². The third-order valence-corrected chi connectivity index (χ3v) is 5.02. The molecule has 0 bridgehead atoms. The van der Waals surface area contributed by atoms with Gasteiger partial charge in [0.05, 0.1) is 23.5 Å². The molecule has 3 rings (SSSR count). The first-order chi connectivity index (χ1) is 14.1. The van der Waals surface area contributed by atoms with Crippen LogP contribution in [-0.4, -0.2) is 18.2 Å². The van der Waals surface area contributed by atoms with Gasteiger partial charge < -0.3 is 15.8 Å². The van der Waals surface area contributed by atoms with Crippen molar-refractivity contribution in [2.45, 2.75) is 45.4 Å². The first kappa shape index (κ1) is 20.6. The molecule has 0 amide bonds. The summed E-state index contributed by atoms with van der Waals surface area (Å²) >= 11 is 0.